The molecular weight excluding hydrogens is 214 g/mol. The minimum Gasteiger partial charge on any atom is -0.476 e. The second kappa shape index (κ2) is 4.16. The van der Waals surface area contributed by atoms with E-state index in [1.807, 2.05) is 0 Å². The number of thiazole rings is 1. The smallest absolute Gasteiger partial charge is 0.357 e. The molecule has 1 aliphatic heterocycles. The van der Waals surface area contributed by atoms with Crippen LogP contribution < -0.4 is 10.2 Å². The van der Waals surface area contributed by atoms with Gasteiger partial charge in [-0.1, -0.05) is 0 Å². The zero-order chi connectivity index (χ0) is 10.8. The van der Waals surface area contributed by atoms with Gasteiger partial charge in [-0.3, -0.25) is 0 Å². The summed E-state index contributed by atoms with van der Waals surface area (Å²) in [6.45, 7) is 4.65. The number of nitrogens with one attached hydrogen (secondary N) is 1. The van der Waals surface area contributed by atoms with E-state index >= 15 is 0 Å². The molecule has 2 rings (SSSR count). The first-order chi connectivity index (χ1) is 7.18. The Labute approximate surface area is 91.7 Å². The van der Waals surface area contributed by atoms with Crippen LogP contribution in [-0.2, 0) is 0 Å². The molecule has 2 heterocycles. The summed E-state index contributed by atoms with van der Waals surface area (Å²) in [5, 5.41) is 13.0. The van der Waals surface area contributed by atoms with E-state index in [1.54, 1.807) is 5.51 Å². The molecule has 82 valence electrons. The van der Waals surface area contributed by atoms with Gasteiger partial charge in [0.15, 0.2) is 5.69 Å². The van der Waals surface area contributed by atoms with Gasteiger partial charge in [-0.15, -0.1) is 11.3 Å². The highest BCUT2D eigenvalue weighted by atomic mass is 32.1. The third-order valence-electron chi connectivity index (χ3n) is 2.41. The molecule has 0 radical (unpaired) electrons. The third-order valence-corrected chi connectivity index (χ3v) is 3.29. The molecule has 0 aliphatic carbocycles. The fraction of sp³-hybridized carbons (Fsp3) is 0.556. The average Bonchev–Trinajstić information content (AvgIpc) is 2.65. The number of carboxylic acids is 1. The zero-order valence-electron chi connectivity index (χ0n) is 8.43. The lowest BCUT2D eigenvalue weighted by atomic mass is 10.2. The monoisotopic (exact) mass is 227 g/mol. The number of rotatable bonds is 2. The van der Waals surface area contributed by atoms with Crippen LogP contribution in [0.1, 0.15) is 17.4 Å². The average molecular weight is 227 g/mol. The summed E-state index contributed by atoms with van der Waals surface area (Å²) >= 11 is 1.39. The van der Waals surface area contributed by atoms with Crippen LogP contribution >= 0.6 is 11.3 Å². The Kier molecular flexibility index (Phi) is 2.88. The summed E-state index contributed by atoms with van der Waals surface area (Å²) in [6.07, 6.45) is 0. The Bertz CT molecular complexity index is 366. The van der Waals surface area contributed by atoms with Crippen LogP contribution in [0.4, 0.5) is 5.00 Å². The number of piperazine rings is 1. The van der Waals surface area contributed by atoms with Crippen LogP contribution in [-0.4, -0.2) is 41.7 Å². The quantitative estimate of drug-likeness (QED) is 0.776. The van der Waals surface area contributed by atoms with E-state index in [0.717, 1.165) is 24.6 Å². The van der Waals surface area contributed by atoms with E-state index in [9.17, 15) is 4.79 Å². The van der Waals surface area contributed by atoms with Crippen LogP contribution in [0, 0.1) is 0 Å². The molecule has 1 fully saturated rings. The maximum absolute atomic E-state index is 10.9. The van der Waals surface area contributed by atoms with Crippen LogP contribution in [0.15, 0.2) is 5.51 Å². The molecule has 15 heavy (non-hydrogen) atoms. The highest BCUT2D eigenvalue weighted by molar-refractivity contribution is 7.14. The van der Waals surface area contributed by atoms with Crippen LogP contribution in [0.2, 0.25) is 0 Å². The number of anilines is 1. The fourth-order valence-corrected chi connectivity index (χ4v) is 2.55. The van der Waals surface area contributed by atoms with Crippen molar-refractivity contribution in [3.05, 3.63) is 11.2 Å². The van der Waals surface area contributed by atoms with Crippen LogP contribution in [0.3, 0.4) is 0 Å². The molecule has 0 amide bonds. The van der Waals surface area contributed by atoms with Gasteiger partial charge in [-0.05, 0) is 6.92 Å². The molecule has 5 nitrogen and oxygen atoms in total. The van der Waals surface area contributed by atoms with Crippen molar-refractivity contribution >= 4 is 22.3 Å². The molecule has 0 bridgehead atoms. The molecule has 1 aromatic rings. The lowest BCUT2D eigenvalue weighted by Gasteiger charge is -2.32. The van der Waals surface area contributed by atoms with E-state index in [2.05, 4.69) is 22.1 Å². The standard InChI is InChI=1S/C9H13N3O2S/c1-6-4-12(3-2-10-6)8-7(9(13)14)11-5-15-8/h5-6,10H,2-4H2,1H3,(H,13,14)/t6-/m1/s1. The molecule has 6 heteroatoms. The van der Waals surface area contributed by atoms with Gasteiger partial charge in [0, 0.05) is 25.7 Å². The third kappa shape index (κ3) is 2.10. The van der Waals surface area contributed by atoms with Crippen molar-refractivity contribution in [3.8, 4) is 0 Å². The molecule has 0 unspecified atom stereocenters. The van der Waals surface area contributed by atoms with Gasteiger partial charge >= 0.3 is 5.97 Å². The van der Waals surface area contributed by atoms with E-state index in [-0.39, 0.29) is 5.69 Å². The lowest BCUT2D eigenvalue weighted by Crippen LogP contribution is -2.49. The Morgan fingerprint density at radius 2 is 2.60 bits per heavy atom. The van der Waals surface area contributed by atoms with Crippen molar-refractivity contribution in [1.29, 1.82) is 0 Å². The highest BCUT2D eigenvalue weighted by Gasteiger charge is 2.23. The van der Waals surface area contributed by atoms with Gasteiger partial charge in [0.2, 0.25) is 0 Å². The Hall–Kier alpha value is -1.14. The first-order valence-electron chi connectivity index (χ1n) is 4.83. The van der Waals surface area contributed by atoms with Crippen molar-refractivity contribution < 1.29 is 9.90 Å². The van der Waals surface area contributed by atoms with Crippen molar-refractivity contribution in [2.24, 2.45) is 0 Å². The summed E-state index contributed by atoms with van der Waals surface area (Å²) in [6, 6.07) is 0.391. The Morgan fingerprint density at radius 1 is 1.80 bits per heavy atom. The number of nitrogens with zero attached hydrogens (tertiary/aromatic N) is 2. The number of carbonyl (C=O) groups is 1. The minimum atomic E-state index is -0.947. The molecule has 0 spiro atoms. The van der Waals surface area contributed by atoms with Crippen LogP contribution in [0.5, 0.6) is 0 Å². The maximum atomic E-state index is 10.9. The summed E-state index contributed by atoms with van der Waals surface area (Å²) < 4.78 is 0. The summed E-state index contributed by atoms with van der Waals surface area (Å²) in [5.74, 6) is -0.947. The second-order valence-corrected chi connectivity index (χ2v) is 4.45. The Morgan fingerprint density at radius 3 is 3.27 bits per heavy atom. The SMILES string of the molecule is C[C@@H]1CN(c2scnc2C(=O)O)CCN1. The number of aromatic carboxylic acids is 1. The van der Waals surface area contributed by atoms with Crippen molar-refractivity contribution in [2.75, 3.05) is 24.5 Å². The van der Waals surface area contributed by atoms with Gasteiger partial charge < -0.3 is 15.3 Å². The molecular formula is C9H13N3O2S. The predicted molar refractivity (Wildman–Crippen MR) is 58.8 cm³/mol. The summed E-state index contributed by atoms with van der Waals surface area (Å²) in [5.41, 5.74) is 1.76. The van der Waals surface area contributed by atoms with Crippen molar-refractivity contribution in [3.63, 3.8) is 0 Å². The van der Waals surface area contributed by atoms with E-state index in [0.29, 0.717) is 6.04 Å². The largest absolute Gasteiger partial charge is 0.476 e. The number of aromatic nitrogens is 1. The molecule has 1 aliphatic rings. The van der Waals surface area contributed by atoms with E-state index in [1.165, 1.54) is 11.3 Å². The summed E-state index contributed by atoms with van der Waals surface area (Å²) in [7, 11) is 0. The topological polar surface area (TPSA) is 65.5 Å². The molecule has 1 saturated heterocycles. The number of hydrogen-bond donors (Lipinski definition) is 2. The van der Waals surface area contributed by atoms with E-state index in [4.69, 9.17) is 5.11 Å². The summed E-state index contributed by atoms with van der Waals surface area (Å²) in [4.78, 5) is 16.9. The first-order valence-corrected chi connectivity index (χ1v) is 5.71. The van der Waals surface area contributed by atoms with Gasteiger partial charge in [0.25, 0.3) is 0 Å². The molecule has 0 saturated carbocycles. The van der Waals surface area contributed by atoms with Gasteiger partial charge in [0.1, 0.15) is 5.00 Å². The maximum Gasteiger partial charge on any atom is 0.357 e. The van der Waals surface area contributed by atoms with Crippen molar-refractivity contribution in [1.82, 2.24) is 10.3 Å². The number of carboxylic acid groups (broad SMARTS) is 1. The van der Waals surface area contributed by atoms with Crippen LogP contribution in [0.25, 0.3) is 0 Å². The number of hydrogen-bond acceptors (Lipinski definition) is 5. The molecule has 1 atom stereocenters. The normalized spacial score (nSPS) is 21.7. The van der Waals surface area contributed by atoms with Gasteiger partial charge in [0.05, 0.1) is 5.51 Å². The minimum absolute atomic E-state index is 0.175. The van der Waals surface area contributed by atoms with Gasteiger partial charge in [-0.25, -0.2) is 9.78 Å². The molecule has 1 aromatic heterocycles. The van der Waals surface area contributed by atoms with E-state index < -0.39 is 5.97 Å². The Balaban J connectivity index is 2.21. The zero-order valence-corrected chi connectivity index (χ0v) is 9.25. The first kappa shape index (κ1) is 10.4. The molecule has 0 aromatic carbocycles. The highest BCUT2D eigenvalue weighted by Crippen LogP contribution is 2.26. The molecule has 2 N–H and O–H groups in total. The van der Waals surface area contributed by atoms with Gasteiger partial charge in [-0.2, -0.15) is 0 Å². The fourth-order valence-electron chi connectivity index (χ4n) is 1.73. The predicted octanol–water partition coefficient (Wildman–Crippen LogP) is 0.639. The lowest BCUT2D eigenvalue weighted by molar-refractivity contribution is 0.0692. The second-order valence-electron chi connectivity index (χ2n) is 3.61. The van der Waals surface area contributed by atoms with Crippen molar-refractivity contribution in [2.45, 2.75) is 13.0 Å².